The lowest BCUT2D eigenvalue weighted by Crippen LogP contribution is -2.48. The van der Waals surface area contributed by atoms with Crippen LogP contribution in [0.1, 0.15) is 12.0 Å². The van der Waals surface area contributed by atoms with Crippen LogP contribution in [0.2, 0.25) is 0 Å². The third-order valence-electron chi connectivity index (χ3n) is 5.02. The summed E-state index contributed by atoms with van der Waals surface area (Å²) in [4.78, 5) is 20.2. The first kappa shape index (κ1) is 15.8. The van der Waals surface area contributed by atoms with Crippen LogP contribution in [0.4, 0.5) is 5.69 Å². The number of hydrogen-bond donors (Lipinski definition) is 1. The highest BCUT2D eigenvalue weighted by atomic mass is 16.2. The molecule has 0 spiro atoms. The Kier molecular flexibility index (Phi) is 4.42. The van der Waals surface area contributed by atoms with E-state index in [1.54, 1.807) is 0 Å². The molecule has 4 heteroatoms. The number of anilines is 1. The van der Waals surface area contributed by atoms with E-state index in [1.807, 2.05) is 29.3 Å². The van der Waals surface area contributed by atoms with E-state index in [0.717, 1.165) is 32.6 Å². The Morgan fingerprint density at radius 3 is 2.52 bits per heavy atom. The summed E-state index contributed by atoms with van der Waals surface area (Å²) in [6.07, 6.45) is 3.40. The molecule has 25 heavy (non-hydrogen) atoms. The van der Waals surface area contributed by atoms with Gasteiger partial charge < -0.3 is 14.8 Å². The number of hydrogen-bond acceptors (Lipinski definition) is 2. The average molecular weight is 333 g/mol. The Bertz CT molecular complexity index is 848. The smallest absolute Gasteiger partial charge is 0.223 e. The van der Waals surface area contributed by atoms with Crippen LogP contribution in [0.15, 0.2) is 60.8 Å². The molecule has 2 aromatic carbocycles. The number of carbonyl (C=O) groups excluding carboxylic acids is 1. The highest BCUT2D eigenvalue weighted by Gasteiger charge is 2.22. The molecule has 1 saturated heterocycles. The topological polar surface area (TPSA) is 39.3 Å². The Morgan fingerprint density at radius 2 is 1.72 bits per heavy atom. The summed E-state index contributed by atoms with van der Waals surface area (Å²) in [5.74, 6) is 0.267. The van der Waals surface area contributed by atoms with E-state index in [4.69, 9.17) is 0 Å². The second-order valence-corrected chi connectivity index (χ2v) is 6.57. The summed E-state index contributed by atoms with van der Waals surface area (Å²) in [5, 5.41) is 1.26. The summed E-state index contributed by atoms with van der Waals surface area (Å²) in [6, 6.07) is 18.7. The first-order valence-electron chi connectivity index (χ1n) is 8.94. The molecule has 3 aromatic rings. The number of aromatic amines is 1. The van der Waals surface area contributed by atoms with Crippen LogP contribution in [0.5, 0.6) is 0 Å². The number of H-pyrrole nitrogens is 1. The van der Waals surface area contributed by atoms with Crippen LogP contribution in [0.25, 0.3) is 10.9 Å². The maximum Gasteiger partial charge on any atom is 0.223 e. The van der Waals surface area contributed by atoms with E-state index in [1.165, 1.54) is 22.2 Å². The van der Waals surface area contributed by atoms with Crippen molar-refractivity contribution in [2.24, 2.45) is 0 Å². The summed E-state index contributed by atoms with van der Waals surface area (Å²) in [7, 11) is 0. The fourth-order valence-corrected chi connectivity index (χ4v) is 3.60. The van der Waals surface area contributed by atoms with Crippen molar-refractivity contribution in [1.82, 2.24) is 9.88 Å². The molecule has 0 unspecified atom stereocenters. The number of benzene rings is 2. The zero-order valence-electron chi connectivity index (χ0n) is 14.3. The Hall–Kier alpha value is -2.75. The largest absolute Gasteiger partial charge is 0.367 e. The quantitative estimate of drug-likeness (QED) is 0.794. The molecule has 4 nitrogen and oxygen atoms in total. The number of aryl methyl sites for hydroxylation is 1. The number of fused-ring (bicyclic) bond motifs is 1. The molecule has 1 amide bonds. The predicted octanol–water partition coefficient (Wildman–Crippen LogP) is 3.45. The van der Waals surface area contributed by atoms with Gasteiger partial charge in [0.1, 0.15) is 0 Å². The lowest BCUT2D eigenvalue weighted by molar-refractivity contribution is -0.131. The lowest BCUT2D eigenvalue weighted by Gasteiger charge is -2.36. The molecule has 0 saturated carbocycles. The molecule has 1 N–H and O–H groups in total. The maximum absolute atomic E-state index is 12.5. The van der Waals surface area contributed by atoms with E-state index < -0.39 is 0 Å². The number of nitrogens with zero attached hydrogens (tertiary/aromatic N) is 2. The summed E-state index contributed by atoms with van der Waals surface area (Å²) in [5.41, 5.74) is 3.66. The molecular weight excluding hydrogens is 310 g/mol. The van der Waals surface area contributed by atoms with E-state index in [2.05, 4.69) is 46.3 Å². The van der Waals surface area contributed by atoms with Crippen LogP contribution in [0, 0.1) is 0 Å². The predicted molar refractivity (Wildman–Crippen MR) is 102 cm³/mol. The van der Waals surface area contributed by atoms with Gasteiger partial charge in [0.05, 0.1) is 0 Å². The molecule has 1 aromatic heterocycles. The van der Waals surface area contributed by atoms with Crippen molar-refractivity contribution in [3.63, 3.8) is 0 Å². The highest BCUT2D eigenvalue weighted by molar-refractivity contribution is 5.92. The molecule has 0 aliphatic carbocycles. The van der Waals surface area contributed by atoms with Gasteiger partial charge in [-0.25, -0.2) is 0 Å². The third-order valence-corrected chi connectivity index (χ3v) is 5.02. The molecule has 0 atom stereocenters. The third kappa shape index (κ3) is 3.38. The standard InChI is InChI=1S/C21H23N3O/c25-21(10-9-17-5-2-1-3-6-17)24-15-13-23(14-16-24)20-8-4-7-19-18(20)11-12-22-19/h1-8,11-12,22H,9-10,13-16H2. The van der Waals surface area contributed by atoms with Gasteiger partial charge in [0, 0.05) is 55.4 Å². The van der Waals surface area contributed by atoms with Crippen molar-refractivity contribution in [2.75, 3.05) is 31.1 Å². The fraction of sp³-hybridized carbons (Fsp3) is 0.286. The Labute approximate surface area is 148 Å². The van der Waals surface area contributed by atoms with E-state index in [0.29, 0.717) is 6.42 Å². The molecule has 1 aliphatic rings. The normalized spacial score (nSPS) is 14.9. The van der Waals surface area contributed by atoms with Crippen LogP contribution >= 0.6 is 0 Å². The Morgan fingerprint density at radius 1 is 0.920 bits per heavy atom. The van der Waals surface area contributed by atoms with Gasteiger partial charge in [-0.3, -0.25) is 4.79 Å². The van der Waals surface area contributed by atoms with Gasteiger partial charge in [0.2, 0.25) is 5.91 Å². The van der Waals surface area contributed by atoms with Gasteiger partial charge in [-0.15, -0.1) is 0 Å². The molecular formula is C21H23N3O. The van der Waals surface area contributed by atoms with E-state index >= 15 is 0 Å². The maximum atomic E-state index is 12.5. The SMILES string of the molecule is O=C(CCc1ccccc1)N1CCN(c2cccc3[nH]ccc23)CC1. The number of piperazine rings is 1. The number of amides is 1. The van der Waals surface area contributed by atoms with Crippen LogP contribution in [0.3, 0.4) is 0 Å². The number of aromatic nitrogens is 1. The van der Waals surface area contributed by atoms with Crippen molar-refractivity contribution < 1.29 is 4.79 Å². The Balaban J connectivity index is 1.35. The van der Waals surface area contributed by atoms with Crippen molar-refractivity contribution in [3.05, 3.63) is 66.4 Å². The molecule has 1 aliphatic heterocycles. The fourth-order valence-electron chi connectivity index (χ4n) is 3.60. The van der Waals surface area contributed by atoms with Gasteiger partial charge in [-0.2, -0.15) is 0 Å². The van der Waals surface area contributed by atoms with E-state index in [-0.39, 0.29) is 5.91 Å². The minimum absolute atomic E-state index is 0.267. The zero-order chi connectivity index (χ0) is 17.1. The van der Waals surface area contributed by atoms with Gasteiger partial charge in [0.25, 0.3) is 0 Å². The van der Waals surface area contributed by atoms with Crippen molar-refractivity contribution >= 4 is 22.5 Å². The van der Waals surface area contributed by atoms with Crippen molar-refractivity contribution in [1.29, 1.82) is 0 Å². The monoisotopic (exact) mass is 333 g/mol. The van der Waals surface area contributed by atoms with Crippen molar-refractivity contribution in [3.8, 4) is 0 Å². The van der Waals surface area contributed by atoms with Gasteiger partial charge >= 0.3 is 0 Å². The van der Waals surface area contributed by atoms with Crippen LogP contribution in [-0.4, -0.2) is 42.0 Å². The minimum Gasteiger partial charge on any atom is -0.367 e. The van der Waals surface area contributed by atoms with Crippen LogP contribution in [-0.2, 0) is 11.2 Å². The second kappa shape index (κ2) is 7.01. The van der Waals surface area contributed by atoms with Crippen molar-refractivity contribution in [2.45, 2.75) is 12.8 Å². The number of carbonyl (C=O) groups is 1. The van der Waals surface area contributed by atoms with Crippen LogP contribution < -0.4 is 4.90 Å². The van der Waals surface area contributed by atoms with Gasteiger partial charge in [0.15, 0.2) is 0 Å². The molecule has 0 radical (unpaired) electrons. The van der Waals surface area contributed by atoms with E-state index in [9.17, 15) is 4.79 Å². The first-order chi connectivity index (χ1) is 12.3. The highest BCUT2D eigenvalue weighted by Crippen LogP contribution is 2.27. The second-order valence-electron chi connectivity index (χ2n) is 6.57. The number of rotatable bonds is 4. The minimum atomic E-state index is 0.267. The molecule has 1 fully saturated rings. The summed E-state index contributed by atoms with van der Waals surface area (Å²) in [6.45, 7) is 3.38. The van der Waals surface area contributed by atoms with Gasteiger partial charge in [-0.05, 0) is 30.2 Å². The van der Waals surface area contributed by atoms with Gasteiger partial charge in [-0.1, -0.05) is 36.4 Å². The number of nitrogens with one attached hydrogen (secondary N) is 1. The summed E-state index contributed by atoms with van der Waals surface area (Å²) < 4.78 is 0. The summed E-state index contributed by atoms with van der Waals surface area (Å²) >= 11 is 0. The molecule has 128 valence electrons. The zero-order valence-corrected chi connectivity index (χ0v) is 14.3. The molecule has 2 heterocycles. The molecule has 0 bridgehead atoms. The lowest BCUT2D eigenvalue weighted by atomic mass is 10.1. The first-order valence-corrected chi connectivity index (χ1v) is 8.94. The average Bonchev–Trinajstić information content (AvgIpc) is 3.16. The molecule has 4 rings (SSSR count).